The molecule has 0 spiro atoms. The highest BCUT2D eigenvalue weighted by Crippen LogP contribution is 2.32. The van der Waals surface area contributed by atoms with E-state index >= 15 is 0 Å². The molecule has 1 N–H and O–H groups in total. The van der Waals surface area contributed by atoms with Crippen molar-refractivity contribution in [3.63, 3.8) is 0 Å². The maximum absolute atomic E-state index is 14.1. The molecule has 0 unspecified atom stereocenters. The Balaban J connectivity index is 1.74. The van der Waals surface area contributed by atoms with Crippen LogP contribution in [0, 0.1) is 23.0 Å². The maximum Gasteiger partial charge on any atom is 0.163 e. The maximum atomic E-state index is 14.1. The van der Waals surface area contributed by atoms with Gasteiger partial charge in [-0.25, -0.2) is 8.78 Å². The molecule has 1 saturated heterocycles. The van der Waals surface area contributed by atoms with Gasteiger partial charge in [-0.1, -0.05) is 11.6 Å². The summed E-state index contributed by atoms with van der Waals surface area (Å²) < 4.78 is 44.9. The van der Waals surface area contributed by atoms with Crippen LogP contribution in [0.1, 0.15) is 25.8 Å². The number of halogens is 3. The highest BCUT2D eigenvalue weighted by molar-refractivity contribution is 6.30. The van der Waals surface area contributed by atoms with E-state index in [1.54, 1.807) is 0 Å². The molecule has 28 heavy (non-hydrogen) atoms. The summed E-state index contributed by atoms with van der Waals surface area (Å²) in [6, 6.07) is 8.22. The van der Waals surface area contributed by atoms with Gasteiger partial charge in [-0.05, 0) is 38.1 Å². The molecule has 148 valence electrons. The molecule has 0 bridgehead atoms. The first kappa shape index (κ1) is 20.3. The highest BCUT2D eigenvalue weighted by Gasteiger charge is 2.32. The van der Waals surface area contributed by atoms with Gasteiger partial charge in [-0.2, -0.15) is 5.26 Å². The van der Waals surface area contributed by atoms with E-state index in [1.807, 2.05) is 19.9 Å². The SMILES string of the molecule is CC1(C)OC[C@@H](CCOc2cc(F)cc(Nc3ccc(Cl)cc3F)c2C#N)O1. The molecule has 0 radical (unpaired) electrons. The summed E-state index contributed by atoms with van der Waals surface area (Å²) in [4.78, 5) is 0. The van der Waals surface area contributed by atoms with Crippen LogP contribution in [-0.2, 0) is 9.47 Å². The Morgan fingerprint density at radius 3 is 2.71 bits per heavy atom. The standard InChI is InChI=1S/C20H19ClF2N2O3/c1-20(2)27-11-14(28-20)5-6-26-19-9-13(22)8-18(15(19)10-24)25-17-4-3-12(21)7-16(17)23/h3-4,7-9,14,25H,5-6,11H2,1-2H3/t14-/m1/s1. The average Bonchev–Trinajstić information content (AvgIpc) is 2.96. The summed E-state index contributed by atoms with van der Waals surface area (Å²) in [7, 11) is 0. The van der Waals surface area contributed by atoms with Crippen molar-refractivity contribution in [2.45, 2.75) is 32.2 Å². The lowest BCUT2D eigenvalue weighted by molar-refractivity contribution is -0.139. The first-order chi connectivity index (χ1) is 13.3. The predicted octanol–water partition coefficient (Wildman–Crippen LogP) is 5.15. The Hall–Kier alpha value is -2.40. The minimum absolute atomic E-state index is 0.0659. The third kappa shape index (κ3) is 4.90. The van der Waals surface area contributed by atoms with Crippen LogP contribution in [0.5, 0.6) is 5.75 Å². The number of anilines is 2. The summed E-state index contributed by atoms with van der Waals surface area (Å²) in [6.45, 7) is 4.29. The van der Waals surface area contributed by atoms with Crippen molar-refractivity contribution < 1.29 is 23.0 Å². The number of benzene rings is 2. The van der Waals surface area contributed by atoms with Crippen LogP contribution < -0.4 is 10.1 Å². The molecule has 1 fully saturated rings. The Labute approximate surface area is 166 Å². The van der Waals surface area contributed by atoms with Gasteiger partial charge in [-0.15, -0.1) is 0 Å². The van der Waals surface area contributed by atoms with Gasteiger partial charge in [0.05, 0.1) is 30.7 Å². The van der Waals surface area contributed by atoms with Crippen molar-refractivity contribution in [1.82, 2.24) is 0 Å². The normalized spacial score (nSPS) is 17.9. The van der Waals surface area contributed by atoms with Crippen LogP contribution in [0.15, 0.2) is 30.3 Å². The largest absolute Gasteiger partial charge is 0.492 e. The Morgan fingerprint density at radius 1 is 1.29 bits per heavy atom. The van der Waals surface area contributed by atoms with Gasteiger partial charge in [0.1, 0.15) is 29.0 Å². The van der Waals surface area contributed by atoms with E-state index in [0.717, 1.165) is 18.2 Å². The molecule has 0 aliphatic carbocycles. The van der Waals surface area contributed by atoms with Crippen molar-refractivity contribution >= 4 is 23.0 Å². The molecular formula is C20H19ClF2N2O3. The van der Waals surface area contributed by atoms with Crippen LogP contribution >= 0.6 is 11.6 Å². The van der Waals surface area contributed by atoms with Crippen LogP contribution in [0.2, 0.25) is 5.02 Å². The molecular weight excluding hydrogens is 390 g/mol. The average molecular weight is 409 g/mol. The van der Waals surface area contributed by atoms with Crippen LogP contribution in [0.25, 0.3) is 0 Å². The third-order valence-corrected chi connectivity index (χ3v) is 4.38. The third-order valence-electron chi connectivity index (χ3n) is 4.14. The van der Waals surface area contributed by atoms with Crippen molar-refractivity contribution in [3.8, 4) is 11.8 Å². The quantitative estimate of drug-likeness (QED) is 0.715. The first-order valence-electron chi connectivity index (χ1n) is 8.68. The molecule has 0 aromatic heterocycles. The van der Waals surface area contributed by atoms with Gasteiger partial charge >= 0.3 is 0 Å². The summed E-state index contributed by atoms with van der Waals surface area (Å²) in [5.74, 6) is -1.81. The molecule has 1 heterocycles. The van der Waals surface area contributed by atoms with Crippen molar-refractivity contribution in [2.24, 2.45) is 0 Å². The monoisotopic (exact) mass is 408 g/mol. The molecule has 1 atom stereocenters. The van der Waals surface area contributed by atoms with Gasteiger partial charge in [0.25, 0.3) is 0 Å². The lowest BCUT2D eigenvalue weighted by Crippen LogP contribution is -2.22. The lowest BCUT2D eigenvalue weighted by Gasteiger charge is -2.17. The number of ether oxygens (including phenoxy) is 3. The van der Waals surface area contributed by atoms with E-state index in [1.165, 1.54) is 12.1 Å². The second-order valence-electron chi connectivity index (χ2n) is 6.78. The Morgan fingerprint density at radius 2 is 2.07 bits per heavy atom. The number of nitriles is 1. The number of nitrogens with one attached hydrogen (secondary N) is 1. The molecule has 0 amide bonds. The fraction of sp³-hybridized carbons (Fsp3) is 0.350. The predicted molar refractivity (Wildman–Crippen MR) is 101 cm³/mol. The van der Waals surface area contributed by atoms with Crippen molar-refractivity contribution in [2.75, 3.05) is 18.5 Å². The van der Waals surface area contributed by atoms with E-state index < -0.39 is 17.4 Å². The topological polar surface area (TPSA) is 63.5 Å². The molecule has 1 aliphatic rings. The van der Waals surface area contributed by atoms with E-state index in [4.69, 9.17) is 25.8 Å². The molecule has 2 aromatic carbocycles. The number of hydrogen-bond donors (Lipinski definition) is 1. The molecule has 0 saturated carbocycles. The van der Waals surface area contributed by atoms with Gasteiger partial charge in [0, 0.05) is 17.5 Å². The summed E-state index contributed by atoms with van der Waals surface area (Å²) >= 11 is 5.74. The number of nitrogens with zero attached hydrogens (tertiary/aromatic N) is 1. The van der Waals surface area contributed by atoms with Crippen molar-refractivity contribution in [3.05, 3.63) is 52.6 Å². The fourth-order valence-corrected chi connectivity index (χ4v) is 3.01. The summed E-state index contributed by atoms with van der Waals surface area (Å²) in [5.41, 5.74) is 0.233. The zero-order chi connectivity index (χ0) is 20.3. The van der Waals surface area contributed by atoms with Crippen molar-refractivity contribution in [1.29, 1.82) is 5.26 Å². The molecule has 3 rings (SSSR count). The highest BCUT2D eigenvalue weighted by atomic mass is 35.5. The molecule has 2 aromatic rings. The van der Waals surface area contributed by atoms with E-state index in [2.05, 4.69) is 5.32 Å². The summed E-state index contributed by atoms with van der Waals surface area (Å²) in [5, 5.41) is 12.5. The summed E-state index contributed by atoms with van der Waals surface area (Å²) in [6.07, 6.45) is 0.370. The van der Waals surface area contributed by atoms with Gasteiger partial charge in [0.2, 0.25) is 0 Å². The molecule has 8 heteroatoms. The van der Waals surface area contributed by atoms with Gasteiger partial charge in [0.15, 0.2) is 5.79 Å². The second-order valence-corrected chi connectivity index (χ2v) is 7.21. The van der Waals surface area contributed by atoms with Crippen LogP contribution in [0.4, 0.5) is 20.2 Å². The minimum atomic E-state index is -0.638. The second kappa shape index (κ2) is 8.31. The first-order valence-corrected chi connectivity index (χ1v) is 9.05. The fourth-order valence-electron chi connectivity index (χ4n) is 2.85. The molecule has 1 aliphatic heterocycles. The zero-order valence-corrected chi connectivity index (χ0v) is 16.1. The van der Waals surface area contributed by atoms with Crippen LogP contribution in [0.3, 0.4) is 0 Å². The molecule has 5 nitrogen and oxygen atoms in total. The Bertz CT molecular complexity index is 915. The van der Waals surface area contributed by atoms with Crippen LogP contribution in [-0.4, -0.2) is 25.1 Å². The number of rotatable bonds is 6. The van der Waals surface area contributed by atoms with E-state index in [-0.39, 0.29) is 40.4 Å². The van der Waals surface area contributed by atoms with E-state index in [0.29, 0.717) is 13.0 Å². The Kier molecular flexibility index (Phi) is 6.04. The van der Waals surface area contributed by atoms with E-state index in [9.17, 15) is 14.0 Å². The smallest absolute Gasteiger partial charge is 0.163 e. The van der Waals surface area contributed by atoms with Gasteiger partial charge in [-0.3, -0.25) is 0 Å². The minimum Gasteiger partial charge on any atom is -0.492 e. The zero-order valence-electron chi connectivity index (χ0n) is 15.4. The van der Waals surface area contributed by atoms with Gasteiger partial charge < -0.3 is 19.5 Å². The lowest BCUT2D eigenvalue weighted by atomic mass is 10.1. The number of hydrogen-bond acceptors (Lipinski definition) is 5.